The van der Waals surface area contributed by atoms with Crippen molar-refractivity contribution in [2.45, 2.75) is 31.9 Å². The lowest BCUT2D eigenvalue weighted by Crippen LogP contribution is -2.56. The highest BCUT2D eigenvalue weighted by atomic mass is 16.6. The zero-order valence-corrected chi connectivity index (χ0v) is 9.73. The molecule has 1 aromatic rings. The fourth-order valence-corrected chi connectivity index (χ4v) is 1.89. The largest absolute Gasteiger partial charge is 0.439 e. The van der Waals surface area contributed by atoms with Crippen molar-refractivity contribution >= 4 is 11.9 Å². The Morgan fingerprint density at radius 3 is 2.35 bits per heavy atom. The van der Waals surface area contributed by atoms with Crippen LogP contribution in [-0.2, 0) is 9.53 Å². The molecule has 0 unspecified atom stereocenters. The second-order valence-corrected chi connectivity index (χ2v) is 4.26. The molecule has 0 atom stereocenters. The monoisotopic (exact) mass is 233 g/mol. The third kappa shape index (κ3) is 2.64. The molecule has 2 rings (SSSR count). The third-order valence-corrected chi connectivity index (χ3v) is 2.88. The van der Waals surface area contributed by atoms with Gasteiger partial charge in [-0.25, -0.2) is 0 Å². The molecule has 0 spiro atoms. The first-order valence-electron chi connectivity index (χ1n) is 5.68. The van der Waals surface area contributed by atoms with Gasteiger partial charge < -0.3 is 10.1 Å². The summed E-state index contributed by atoms with van der Waals surface area (Å²) in [7, 11) is 0. The molecule has 1 fully saturated rings. The summed E-state index contributed by atoms with van der Waals surface area (Å²) < 4.78 is 5.20. The van der Waals surface area contributed by atoms with Crippen LogP contribution in [0.25, 0.3) is 0 Å². The lowest BCUT2D eigenvalue weighted by Gasteiger charge is -2.41. The van der Waals surface area contributed by atoms with Gasteiger partial charge in [0, 0.05) is 25.3 Å². The SMILES string of the molecule is CC(=O)OC1(NC(=O)c2ccccc2)CCC1. The molecule has 1 aliphatic rings. The van der Waals surface area contributed by atoms with E-state index in [1.807, 2.05) is 6.07 Å². The van der Waals surface area contributed by atoms with Crippen molar-refractivity contribution < 1.29 is 14.3 Å². The van der Waals surface area contributed by atoms with Crippen molar-refractivity contribution in [2.24, 2.45) is 0 Å². The molecule has 1 aromatic carbocycles. The van der Waals surface area contributed by atoms with Gasteiger partial charge >= 0.3 is 5.97 Å². The Morgan fingerprint density at radius 1 is 1.24 bits per heavy atom. The number of benzene rings is 1. The van der Waals surface area contributed by atoms with Crippen molar-refractivity contribution in [3.63, 3.8) is 0 Å². The van der Waals surface area contributed by atoms with E-state index in [2.05, 4.69) is 5.32 Å². The first-order valence-corrected chi connectivity index (χ1v) is 5.68. The number of ether oxygens (including phenoxy) is 1. The summed E-state index contributed by atoms with van der Waals surface area (Å²) in [6, 6.07) is 8.91. The highest BCUT2D eigenvalue weighted by Gasteiger charge is 2.41. The molecular weight excluding hydrogens is 218 g/mol. The van der Waals surface area contributed by atoms with Crippen molar-refractivity contribution in [2.75, 3.05) is 0 Å². The molecule has 0 bridgehead atoms. The third-order valence-electron chi connectivity index (χ3n) is 2.88. The molecule has 1 amide bonds. The zero-order chi connectivity index (χ0) is 12.3. The molecule has 90 valence electrons. The summed E-state index contributed by atoms with van der Waals surface area (Å²) in [5.41, 5.74) is -0.204. The van der Waals surface area contributed by atoms with Gasteiger partial charge in [-0.2, -0.15) is 0 Å². The number of rotatable bonds is 3. The van der Waals surface area contributed by atoms with E-state index in [9.17, 15) is 9.59 Å². The van der Waals surface area contributed by atoms with Gasteiger partial charge in [-0.15, -0.1) is 0 Å². The second kappa shape index (κ2) is 4.57. The van der Waals surface area contributed by atoms with Crippen LogP contribution >= 0.6 is 0 Å². The molecule has 0 radical (unpaired) electrons. The predicted octanol–water partition coefficient (Wildman–Crippen LogP) is 1.86. The number of carbonyl (C=O) groups is 2. The lowest BCUT2D eigenvalue weighted by atomic mass is 9.87. The van der Waals surface area contributed by atoms with Gasteiger partial charge in [-0.05, 0) is 18.6 Å². The Kier molecular flexibility index (Phi) is 3.13. The van der Waals surface area contributed by atoms with Crippen LogP contribution in [0.3, 0.4) is 0 Å². The highest BCUT2D eigenvalue weighted by Crippen LogP contribution is 2.33. The topological polar surface area (TPSA) is 55.4 Å². The van der Waals surface area contributed by atoms with Crippen molar-refractivity contribution in [1.82, 2.24) is 5.32 Å². The fraction of sp³-hybridized carbons (Fsp3) is 0.385. The Balaban J connectivity index is 2.05. The minimum Gasteiger partial charge on any atom is -0.439 e. The van der Waals surface area contributed by atoms with Crippen LogP contribution in [0.5, 0.6) is 0 Å². The van der Waals surface area contributed by atoms with Crippen molar-refractivity contribution in [3.05, 3.63) is 35.9 Å². The van der Waals surface area contributed by atoms with Gasteiger partial charge in [0.15, 0.2) is 5.72 Å². The minimum absolute atomic E-state index is 0.202. The summed E-state index contributed by atoms with van der Waals surface area (Å²) in [6.07, 6.45) is 2.33. The molecule has 0 saturated heterocycles. The minimum atomic E-state index is -0.779. The maximum absolute atomic E-state index is 11.9. The summed E-state index contributed by atoms with van der Waals surface area (Å²) >= 11 is 0. The Bertz CT molecular complexity index is 424. The number of amides is 1. The standard InChI is InChI=1S/C13H15NO3/c1-10(15)17-13(8-5-9-13)14-12(16)11-6-3-2-4-7-11/h2-4,6-7H,5,8-9H2,1H3,(H,14,16). The maximum atomic E-state index is 11.9. The average Bonchev–Trinajstić information content (AvgIpc) is 2.26. The number of hydrogen-bond donors (Lipinski definition) is 1. The maximum Gasteiger partial charge on any atom is 0.304 e. The van der Waals surface area contributed by atoms with Crippen LogP contribution in [0.15, 0.2) is 30.3 Å². The highest BCUT2D eigenvalue weighted by molar-refractivity contribution is 5.94. The van der Waals surface area contributed by atoms with E-state index in [4.69, 9.17) is 4.74 Å². The molecule has 17 heavy (non-hydrogen) atoms. The quantitative estimate of drug-likeness (QED) is 0.640. The Hall–Kier alpha value is -1.84. The molecule has 0 heterocycles. The molecular formula is C13H15NO3. The van der Waals surface area contributed by atoms with Crippen LogP contribution in [0.4, 0.5) is 0 Å². The van der Waals surface area contributed by atoms with Gasteiger partial charge in [-0.3, -0.25) is 9.59 Å². The van der Waals surface area contributed by atoms with Gasteiger partial charge in [0.05, 0.1) is 0 Å². The lowest BCUT2D eigenvalue weighted by molar-refractivity contribution is -0.170. The summed E-state index contributed by atoms with van der Waals surface area (Å²) in [4.78, 5) is 22.9. The fourth-order valence-electron chi connectivity index (χ4n) is 1.89. The summed E-state index contributed by atoms with van der Waals surface area (Å²) in [5.74, 6) is -0.565. The number of hydrogen-bond acceptors (Lipinski definition) is 3. The van der Waals surface area contributed by atoms with E-state index in [-0.39, 0.29) is 11.9 Å². The van der Waals surface area contributed by atoms with Crippen molar-refractivity contribution in [3.8, 4) is 0 Å². The van der Waals surface area contributed by atoms with Gasteiger partial charge in [-0.1, -0.05) is 18.2 Å². The summed E-state index contributed by atoms with van der Waals surface area (Å²) in [6.45, 7) is 1.36. The first kappa shape index (κ1) is 11.6. The molecule has 0 aromatic heterocycles. The van der Waals surface area contributed by atoms with E-state index < -0.39 is 5.72 Å². The van der Waals surface area contributed by atoms with Crippen LogP contribution in [0, 0.1) is 0 Å². The van der Waals surface area contributed by atoms with Gasteiger partial charge in [0.25, 0.3) is 5.91 Å². The smallest absolute Gasteiger partial charge is 0.304 e. The van der Waals surface area contributed by atoms with Crippen molar-refractivity contribution in [1.29, 1.82) is 0 Å². The van der Waals surface area contributed by atoms with E-state index in [0.29, 0.717) is 18.4 Å². The molecule has 1 saturated carbocycles. The van der Waals surface area contributed by atoms with E-state index >= 15 is 0 Å². The van der Waals surface area contributed by atoms with Crippen LogP contribution in [0.2, 0.25) is 0 Å². The first-order chi connectivity index (χ1) is 8.11. The zero-order valence-electron chi connectivity index (χ0n) is 9.73. The molecule has 1 aliphatic carbocycles. The number of carbonyl (C=O) groups excluding carboxylic acids is 2. The van der Waals surface area contributed by atoms with Crippen LogP contribution < -0.4 is 5.32 Å². The molecule has 4 heteroatoms. The van der Waals surface area contributed by atoms with Gasteiger partial charge in [0.1, 0.15) is 0 Å². The second-order valence-electron chi connectivity index (χ2n) is 4.26. The van der Waals surface area contributed by atoms with Crippen LogP contribution in [0.1, 0.15) is 36.5 Å². The van der Waals surface area contributed by atoms with E-state index in [1.54, 1.807) is 24.3 Å². The Labute approximate surface area is 100.0 Å². The number of nitrogens with one attached hydrogen (secondary N) is 1. The van der Waals surface area contributed by atoms with E-state index in [0.717, 1.165) is 6.42 Å². The summed E-state index contributed by atoms with van der Waals surface area (Å²) in [5, 5.41) is 2.80. The Morgan fingerprint density at radius 2 is 1.88 bits per heavy atom. The van der Waals surface area contributed by atoms with E-state index in [1.165, 1.54) is 6.92 Å². The van der Waals surface area contributed by atoms with Gasteiger partial charge in [0.2, 0.25) is 0 Å². The predicted molar refractivity (Wildman–Crippen MR) is 62.3 cm³/mol. The average molecular weight is 233 g/mol. The number of esters is 1. The molecule has 0 aliphatic heterocycles. The van der Waals surface area contributed by atoms with Crippen LogP contribution in [-0.4, -0.2) is 17.6 Å². The molecule has 1 N–H and O–H groups in total. The molecule has 4 nitrogen and oxygen atoms in total. The normalized spacial score (nSPS) is 16.8.